The molecule has 4 aromatic rings. The average Bonchev–Trinajstić information content (AvgIpc) is 2.86. The van der Waals surface area contributed by atoms with Gasteiger partial charge in [-0.25, -0.2) is 15.0 Å². The molecule has 0 aliphatic heterocycles. The molecule has 182 valence electrons. The van der Waals surface area contributed by atoms with Gasteiger partial charge in [-0.2, -0.15) is 0 Å². The van der Waals surface area contributed by atoms with Gasteiger partial charge in [0, 0.05) is 24.4 Å². The Hall–Kier alpha value is -4.76. The van der Waals surface area contributed by atoms with Crippen molar-refractivity contribution in [1.29, 1.82) is 0 Å². The van der Waals surface area contributed by atoms with E-state index in [1.807, 2.05) is 73.6 Å². The highest BCUT2D eigenvalue weighted by atomic mass is 16.5. The van der Waals surface area contributed by atoms with Gasteiger partial charge in [0.15, 0.2) is 0 Å². The van der Waals surface area contributed by atoms with Gasteiger partial charge in [0.1, 0.15) is 41.1 Å². The summed E-state index contributed by atoms with van der Waals surface area (Å²) in [6.45, 7) is 0.679. The van der Waals surface area contributed by atoms with Crippen molar-refractivity contribution < 1.29 is 9.53 Å². The number of aromatic nitrogens is 3. The van der Waals surface area contributed by atoms with Crippen LogP contribution >= 0.6 is 0 Å². The number of carbonyl (C=O) groups is 1. The Balaban J connectivity index is 1.35. The second-order valence-electron chi connectivity index (χ2n) is 8.04. The Bertz CT molecular complexity index is 1310. The predicted molar refractivity (Wildman–Crippen MR) is 142 cm³/mol. The van der Waals surface area contributed by atoms with Crippen molar-refractivity contribution in [3.05, 3.63) is 97.3 Å². The van der Waals surface area contributed by atoms with Crippen LogP contribution in [0.25, 0.3) is 0 Å². The number of ether oxygens (including phenoxy) is 1. The third-order valence-corrected chi connectivity index (χ3v) is 4.77. The van der Waals surface area contributed by atoms with Crippen molar-refractivity contribution >= 4 is 34.9 Å². The van der Waals surface area contributed by atoms with Gasteiger partial charge in [-0.3, -0.25) is 4.79 Å². The fraction of sp³-hybridized carbons (Fsp3) is 0.111. The van der Waals surface area contributed by atoms with Crippen LogP contribution in [0.15, 0.2) is 97.3 Å². The van der Waals surface area contributed by atoms with Crippen molar-refractivity contribution in [1.82, 2.24) is 19.9 Å². The minimum Gasteiger partial charge on any atom is -0.457 e. The highest BCUT2D eigenvalue weighted by molar-refractivity contribution is 5.98. The third-order valence-electron chi connectivity index (χ3n) is 4.77. The topological polar surface area (TPSA) is 104 Å². The predicted octanol–water partition coefficient (Wildman–Crippen LogP) is 5.21. The van der Waals surface area contributed by atoms with E-state index in [-0.39, 0.29) is 5.91 Å². The lowest BCUT2D eigenvalue weighted by atomic mass is 10.3. The van der Waals surface area contributed by atoms with Crippen LogP contribution < -0.4 is 20.7 Å². The first kappa shape index (κ1) is 24.4. The molecule has 0 unspecified atom stereocenters. The molecule has 4 rings (SSSR count). The summed E-state index contributed by atoms with van der Waals surface area (Å²) in [7, 11) is 3.87. The van der Waals surface area contributed by atoms with Crippen LogP contribution in [0.1, 0.15) is 0 Å². The maximum Gasteiger partial charge on any atom is 0.249 e. The largest absolute Gasteiger partial charge is 0.457 e. The zero-order chi connectivity index (χ0) is 25.2. The molecule has 0 atom stereocenters. The maximum atomic E-state index is 12.1. The molecule has 2 aromatic heterocycles. The summed E-state index contributed by atoms with van der Waals surface area (Å²) in [6.07, 6.45) is 4.74. The monoisotopic (exact) mass is 481 g/mol. The number of nitrogens with zero attached hydrogens (tertiary/aromatic N) is 4. The number of hydrogen-bond donors (Lipinski definition) is 3. The Labute approximate surface area is 209 Å². The van der Waals surface area contributed by atoms with Crippen LogP contribution in [0, 0.1) is 0 Å². The van der Waals surface area contributed by atoms with E-state index >= 15 is 0 Å². The van der Waals surface area contributed by atoms with E-state index in [0.717, 1.165) is 17.2 Å². The molecule has 0 fully saturated rings. The summed E-state index contributed by atoms with van der Waals surface area (Å²) in [5, 5.41) is 9.15. The zero-order valence-electron chi connectivity index (χ0n) is 20.1. The molecule has 0 aliphatic carbocycles. The minimum absolute atomic E-state index is 0.241. The molecule has 9 heteroatoms. The van der Waals surface area contributed by atoms with Crippen LogP contribution in [0.3, 0.4) is 0 Å². The Morgan fingerprint density at radius 1 is 0.833 bits per heavy atom. The number of carbonyl (C=O) groups excluding carboxylic acids is 1. The molecule has 9 nitrogen and oxygen atoms in total. The molecule has 0 saturated carbocycles. The second kappa shape index (κ2) is 12.1. The van der Waals surface area contributed by atoms with Crippen molar-refractivity contribution in [3.63, 3.8) is 0 Å². The number of benzene rings is 2. The molecule has 36 heavy (non-hydrogen) atoms. The molecular weight excluding hydrogens is 454 g/mol. The number of nitrogens with one attached hydrogen (secondary N) is 3. The van der Waals surface area contributed by atoms with E-state index in [1.165, 1.54) is 12.4 Å². The van der Waals surface area contributed by atoms with Gasteiger partial charge in [-0.1, -0.05) is 30.3 Å². The van der Waals surface area contributed by atoms with Crippen molar-refractivity contribution in [2.24, 2.45) is 0 Å². The molecule has 2 aromatic carbocycles. The standard InChI is InChI=1S/C27H27N7O2/c1-34(2)17-7-12-27(35)33-24-11-6-10-23(31-24)32-26-18-25(28-19-29-26)30-20-13-15-22(16-14-20)36-21-8-4-3-5-9-21/h3-16,18-19H,17H2,1-2H3,(H3,28,29,30,31,32,33,35)/b12-7+. The van der Waals surface area contributed by atoms with Crippen molar-refractivity contribution in [3.8, 4) is 11.5 Å². The summed E-state index contributed by atoms with van der Waals surface area (Å²) < 4.78 is 5.83. The molecule has 2 heterocycles. The Kier molecular flexibility index (Phi) is 8.18. The smallest absolute Gasteiger partial charge is 0.249 e. The van der Waals surface area contributed by atoms with Crippen molar-refractivity contribution in [2.75, 3.05) is 36.6 Å². The maximum absolute atomic E-state index is 12.1. The molecule has 0 radical (unpaired) electrons. The SMILES string of the molecule is CN(C)C/C=C/C(=O)Nc1cccc(Nc2cc(Nc3ccc(Oc4ccccc4)cc3)ncn2)n1. The molecule has 1 amide bonds. The molecule has 3 N–H and O–H groups in total. The fourth-order valence-electron chi connectivity index (χ4n) is 3.12. The average molecular weight is 482 g/mol. The highest BCUT2D eigenvalue weighted by Gasteiger charge is 2.05. The van der Waals surface area contributed by atoms with Gasteiger partial charge in [0.2, 0.25) is 5.91 Å². The lowest BCUT2D eigenvalue weighted by Crippen LogP contribution is -2.13. The first-order valence-corrected chi connectivity index (χ1v) is 11.3. The van der Waals surface area contributed by atoms with Crippen LogP contribution in [-0.4, -0.2) is 46.4 Å². The Morgan fingerprint density at radius 3 is 2.28 bits per heavy atom. The lowest BCUT2D eigenvalue weighted by molar-refractivity contribution is -0.111. The first-order valence-electron chi connectivity index (χ1n) is 11.3. The molecule has 0 bridgehead atoms. The van der Waals surface area contributed by atoms with Gasteiger partial charge < -0.3 is 25.6 Å². The van der Waals surface area contributed by atoms with Gasteiger partial charge >= 0.3 is 0 Å². The number of amides is 1. The van der Waals surface area contributed by atoms with Crippen LogP contribution in [0.5, 0.6) is 11.5 Å². The van der Waals surface area contributed by atoms with E-state index in [1.54, 1.807) is 30.3 Å². The molecule has 0 spiro atoms. The normalized spacial score (nSPS) is 10.9. The number of anilines is 5. The Morgan fingerprint density at radius 2 is 1.53 bits per heavy atom. The number of hydrogen-bond acceptors (Lipinski definition) is 8. The van der Waals surface area contributed by atoms with Gasteiger partial charge in [0.25, 0.3) is 0 Å². The first-order chi connectivity index (χ1) is 17.5. The number of pyridine rings is 1. The van der Waals surface area contributed by atoms with Gasteiger partial charge in [-0.05, 0) is 62.6 Å². The van der Waals surface area contributed by atoms with Gasteiger partial charge in [-0.15, -0.1) is 0 Å². The lowest BCUT2D eigenvalue weighted by Gasteiger charge is -2.10. The van der Waals surface area contributed by atoms with Gasteiger partial charge in [0.05, 0.1) is 0 Å². The minimum atomic E-state index is -0.241. The molecule has 0 saturated heterocycles. The number of likely N-dealkylation sites (N-methyl/N-ethyl adjacent to an activating group) is 1. The summed E-state index contributed by atoms with van der Waals surface area (Å²) in [6, 6.07) is 24.3. The summed E-state index contributed by atoms with van der Waals surface area (Å²) in [5.41, 5.74) is 0.852. The van der Waals surface area contributed by atoms with Crippen LogP contribution in [0.4, 0.5) is 29.0 Å². The zero-order valence-corrected chi connectivity index (χ0v) is 20.1. The van der Waals surface area contributed by atoms with E-state index in [0.29, 0.717) is 29.8 Å². The van der Waals surface area contributed by atoms with E-state index in [9.17, 15) is 4.79 Å². The van der Waals surface area contributed by atoms with E-state index < -0.39 is 0 Å². The van der Waals surface area contributed by atoms with Crippen molar-refractivity contribution in [2.45, 2.75) is 0 Å². The summed E-state index contributed by atoms with van der Waals surface area (Å²) in [4.78, 5) is 27.0. The summed E-state index contributed by atoms with van der Waals surface area (Å²) >= 11 is 0. The second-order valence-corrected chi connectivity index (χ2v) is 8.04. The van der Waals surface area contributed by atoms with E-state index in [4.69, 9.17) is 4.74 Å². The summed E-state index contributed by atoms with van der Waals surface area (Å²) in [5.74, 6) is 3.42. The highest BCUT2D eigenvalue weighted by Crippen LogP contribution is 2.24. The fourth-order valence-corrected chi connectivity index (χ4v) is 3.12. The third kappa shape index (κ3) is 7.64. The van der Waals surface area contributed by atoms with E-state index in [2.05, 4.69) is 30.9 Å². The quantitative estimate of drug-likeness (QED) is 0.265. The van der Waals surface area contributed by atoms with Crippen LogP contribution in [-0.2, 0) is 4.79 Å². The number of rotatable bonds is 10. The van der Waals surface area contributed by atoms with Crippen LogP contribution in [0.2, 0.25) is 0 Å². The molecular formula is C27H27N7O2. The molecule has 0 aliphatic rings. The number of para-hydroxylation sites is 1.